The van der Waals surface area contributed by atoms with E-state index >= 15 is 0 Å². The quantitative estimate of drug-likeness (QED) is 0.519. The molecule has 0 N–H and O–H groups in total. The van der Waals surface area contributed by atoms with Gasteiger partial charge in [0.25, 0.3) is 0 Å². The zero-order valence-corrected chi connectivity index (χ0v) is 17.7. The standard InChI is InChI=1S/C22H27GeN/c1-15(2)20-12-18(11-17-9-7-8-10-19(17)20)22-13-21(23(4,5)6)16(3)14-24-22/h7-15H,1-6H3. The molecule has 1 heterocycles. The average molecular weight is 378 g/mol. The number of hydrogen-bond acceptors (Lipinski definition) is 1. The van der Waals surface area contributed by atoms with E-state index in [9.17, 15) is 0 Å². The molecule has 1 aromatic heterocycles. The van der Waals surface area contributed by atoms with Gasteiger partial charge in [-0.15, -0.1) is 0 Å². The first-order chi connectivity index (χ1) is 11.3. The van der Waals surface area contributed by atoms with Gasteiger partial charge in [-0.1, -0.05) is 0 Å². The summed E-state index contributed by atoms with van der Waals surface area (Å²) in [6, 6.07) is 15.7. The van der Waals surface area contributed by atoms with Gasteiger partial charge in [0, 0.05) is 0 Å². The van der Waals surface area contributed by atoms with Gasteiger partial charge in [-0.2, -0.15) is 0 Å². The van der Waals surface area contributed by atoms with Crippen LogP contribution in [0.3, 0.4) is 0 Å². The van der Waals surface area contributed by atoms with Crippen molar-refractivity contribution in [1.29, 1.82) is 0 Å². The molecule has 3 aromatic rings. The summed E-state index contributed by atoms with van der Waals surface area (Å²) in [5.41, 5.74) is 5.11. The summed E-state index contributed by atoms with van der Waals surface area (Å²) < 4.78 is 1.55. The Morgan fingerprint density at radius 1 is 0.958 bits per heavy atom. The molecule has 0 amide bonds. The fourth-order valence-corrected chi connectivity index (χ4v) is 7.27. The van der Waals surface area contributed by atoms with Crippen molar-refractivity contribution in [3.8, 4) is 11.3 Å². The zero-order valence-electron chi connectivity index (χ0n) is 15.6. The predicted molar refractivity (Wildman–Crippen MR) is 109 cm³/mol. The molecule has 3 rings (SSSR count). The summed E-state index contributed by atoms with van der Waals surface area (Å²) in [7, 11) is 0. The fourth-order valence-electron chi connectivity index (χ4n) is 3.46. The monoisotopic (exact) mass is 379 g/mol. The molecule has 0 atom stereocenters. The molecule has 0 aliphatic carbocycles. The molecule has 0 saturated heterocycles. The number of benzene rings is 2. The number of nitrogens with zero attached hydrogens (tertiary/aromatic N) is 1. The van der Waals surface area contributed by atoms with E-state index in [1.807, 2.05) is 0 Å². The molecule has 124 valence electrons. The van der Waals surface area contributed by atoms with Crippen LogP contribution in [0.2, 0.25) is 17.3 Å². The summed E-state index contributed by atoms with van der Waals surface area (Å²) in [5, 5.41) is 2.66. The van der Waals surface area contributed by atoms with Gasteiger partial charge in [0.15, 0.2) is 0 Å². The molecule has 0 aliphatic rings. The number of aromatic nitrogens is 1. The molecular formula is C22H27GeN. The molecule has 0 aliphatic heterocycles. The van der Waals surface area contributed by atoms with Crippen LogP contribution in [0, 0.1) is 6.92 Å². The molecular weight excluding hydrogens is 351 g/mol. The van der Waals surface area contributed by atoms with Gasteiger partial charge in [-0.3, -0.25) is 0 Å². The van der Waals surface area contributed by atoms with E-state index in [1.165, 1.54) is 27.5 Å². The topological polar surface area (TPSA) is 12.9 Å². The van der Waals surface area contributed by atoms with Crippen molar-refractivity contribution in [3.05, 3.63) is 59.8 Å². The van der Waals surface area contributed by atoms with Crippen LogP contribution in [-0.4, -0.2) is 18.3 Å². The van der Waals surface area contributed by atoms with Crippen LogP contribution >= 0.6 is 0 Å². The molecule has 0 fully saturated rings. The third kappa shape index (κ3) is 3.27. The fraction of sp³-hybridized carbons (Fsp3) is 0.318. The Balaban J connectivity index is 2.23. The Morgan fingerprint density at radius 3 is 2.33 bits per heavy atom. The number of hydrogen-bond donors (Lipinski definition) is 0. The Morgan fingerprint density at radius 2 is 1.67 bits per heavy atom. The van der Waals surface area contributed by atoms with E-state index in [0.717, 1.165) is 5.69 Å². The molecule has 0 unspecified atom stereocenters. The Hall–Kier alpha value is -1.61. The van der Waals surface area contributed by atoms with E-state index in [0.29, 0.717) is 5.92 Å². The Bertz CT molecular complexity index is 888. The maximum absolute atomic E-state index is 4.76. The number of aryl methyl sites for hydroxylation is 1. The molecule has 0 spiro atoms. The van der Waals surface area contributed by atoms with Crippen LogP contribution < -0.4 is 4.40 Å². The van der Waals surface area contributed by atoms with Crippen molar-refractivity contribution in [2.24, 2.45) is 0 Å². The van der Waals surface area contributed by atoms with E-state index in [2.05, 4.69) is 86.7 Å². The molecule has 0 bridgehead atoms. The second-order valence-corrected chi connectivity index (χ2v) is 18.6. The van der Waals surface area contributed by atoms with E-state index in [4.69, 9.17) is 4.98 Å². The predicted octanol–water partition coefficient (Wildman–Crippen LogP) is 5.88. The SMILES string of the molecule is Cc1cnc(-c2cc(C(C)C)c3ccccc3c2)c[c]1[Ge]([CH3])([CH3])[CH3]. The summed E-state index contributed by atoms with van der Waals surface area (Å²) in [4.78, 5) is 4.76. The normalized spacial score (nSPS) is 12.1. The van der Waals surface area contributed by atoms with Crippen molar-refractivity contribution in [2.75, 3.05) is 0 Å². The van der Waals surface area contributed by atoms with Crippen molar-refractivity contribution in [2.45, 2.75) is 44.0 Å². The molecule has 0 radical (unpaired) electrons. The van der Waals surface area contributed by atoms with E-state index in [-0.39, 0.29) is 0 Å². The molecule has 0 saturated carbocycles. The first-order valence-corrected chi connectivity index (χ1v) is 16.1. The van der Waals surface area contributed by atoms with Gasteiger partial charge in [-0.05, 0) is 0 Å². The molecule has 2 heteroatoms. The first-order valence-electron chi connectivity index (χ1n) is 8.77. The minimum absolute atomic E-state index is 0.500. The van der Waals surface area contributed by atoms with Crippen LogP contribution in [-0.2, 0) is 0 Å². The van der Waals surface area contributed by atoms with Gasteiger partial charge >= 0.3 is 148 Å². The zero-order chi connectivity index (χ0) is 17.5. The van der Waals surface area contributed by atoms with Crippen molar-refractivity contribution in [3.63, 3.8) is 0 Å². The molecule has 24 heavy (non-hydrogen) atoms. The van der Waals surface area contributed by atoms with Crippen LogP contribution in [0.5, 0.6) is 0 Å². The van der Waals surface area contributed by atoms with Gasteiger partial charge < -0.3 is 0 Å². The third-order valence-corrected chi connectivity index (χ3v) is 9.24. The first kappa shape index (κ1) is 17.2. The summed E-state index contributed by atoms with van der Waals surface area (Å²) >= 11 is -1.89. The average Bonchev–Trinajstić information content (AvgIpc) is 2.53. The Labute approximate surface area is 148 Å². The van der Waals surface area contributed by atoms with Crippen molar-refractivity contribution >= 4 is 28.4 Å². The van der Waals surface area contributed by atoms with E-state index < -0.39 is 13.3 Å². The van der Waals surface area contributed by atoms with Crippen LogP contribution in [0.4, 0.5) is 0 Å². The number of pyridine rings is 1. The van der Waals surface area contributed by atoms with Crippen LogP contribution in [0.1, 0.15) is 30.9 Å². The maximum atomic E-state index is 4.76. The van der Waals surface area contributed by atoms with Crippen LogP contribution in [0.15, 0.2) is 48.7 Å². The van der Waals surface area contributed by atoms with Gasteiger partial charge in [0.05, 0.1) is 0 Å². The van der Waals surface area contributed by atoms with Gasteiger partial charge in [0.2, 0.25) is 0 Å². The van der Waals surface area contributed by atoms with Gasteiger partial charge in [0.1, 0.15) is 0 Å². The summed E-state index contributed by atoms with van der Waals surface area (Å²) in [5.74, 6) is 7.85. The summed E-state index contributed by atoms with van der Waals surface area (Å²) in [6.07, 6.45) is 2.06. The van der Waals surface area contributed by atoms with E-state index in [1.54, 1.807) is 4.40 Å². The molecule has 1 nitrogen and oxygen atoms in total. The third-order valence-electron chi connectivity index (χ3n) is 4.72. The summed E-state index contributed by atoms with van der Waals surface area (Å²) in [6.45, 7) is 6.73. The second-order valence-electron chi connectivity index (χ2n) is 8.08. The van der Waals surface area contributed by atoms with Gasteiger partial charge in [-0.25, -0.2) is 0 Å². The van der Waals surface area contributed by atoms with Crippen LogP contribution in [0.25, 0.3) is 22.0 Å². The second kappa shape index (κ2) is 6.36. The van der Waals surface area contributed by atoms with Crippen molar-refractivity contribution < 1.29 is 0 Å². The number of fused-ring (bicyclic) bond motifs is 1. The number of rotatable bonds is 3. The Kier molecular flexibility index (Phi) is 4.57. The minimum atomic E-state index is -1.89. The molecule has 2 aromatic carbocycles. The van der Waals surface area contributed by atoms with Crippen molar-refractivity contribution in [1.82, 2.24) is 4.98 Å².